The van der Waals surface area contributed by atoms with E-state index < -0.39 is 6.04 Å². The molecule has 0 fully saturated rings. The van der Waals surface area contributed by atoms with Crippen LogP contribution in [0.1, 0.15) is 6.85 Å². The van der Waals surface area contributed by atoms with Gasteiger partial charge in [-0.25, -0.2) is 4.98 Å². The van der Waals surface area contributed by atoms with Crippen molar-refractivity contribution in [3.8, 4) is 22.6 Å². The Morgan fingerprint density at radius 3 is 1.68 bits per heavy atom. The van der Waals surface area contributed by atoms with Gasteiger partial charge in [0.2, 0.25) is 0 Å². The molecule has 4 heterocycles. The molecular formula is C66H44BN6OPt-3. The Morgan fingerprint density at radius 1 is 0.493 bits per heavy atom. The van der Waals surface area contributed by atoms with Crippen molar-refractivity contribution in [1.29, 1.82) is 0 Å². The monoisotopic (exact) mass is 1150 g/mol. The average Bonchev–Trinajstić information content (AvgIpc) is 4.02. The number of anilines is 13. The molecular weight excluding hydrogens is 1100 g/mol. The van der Waals surface area contributed by atoms with Gasteiger partial charge in [0, 0.05) is 101 Å². The Hall–Kier alpha value is -9.10. The molecule has 360 valence electrons. The summed E-state index contributed by atoms with van der Waals surface area (Å²) in [6.07, 6.45) is 1.81. The predicted molar refractivity (Wildman–Crippen MR) is 304 cm³/mol. The molecule has 10 aromatic carbocycles. The van der Waals surface area contributed by atoms with Crippen molar-refractivity contribution >= 4 is 97.2 Å². The Balaban J connectivity index is 0.00000605. The van der Waals surface area contributed by atoms with Crippen LogP contribution in [-0.2, 0) is 21.1 Å². The van der Waals surface area contributed by atoms with Crippen molar-refractivity contribution in [3.05, 3.63) is 280 Å². The topological polar surface area (TPSA) is 38.3 Å². The van der Waals surface area contributed by atoms with E-state index in [1.165, 1.54) is 16.4 Å². The minimum absolute atomic E-state index is 0. The van der Waals surface area contributed by atoms with Crippen molar-refractivity contribution in [2.24, 2.45) is 0 Å². The maximum absolute atomic E-state index is 8.83. The minimum atomic E-state index is -0.436. The second-order valence-corrected chi connectivity index (χ2v) is 18.1. The molecule has 0 saturated heterocycles. The van der Waals surface area contributed by atoms with Crippen molar-refractivity contribution in [2.45, 2.75) is 0 Å². The summed E-state index contributed by atoms with van der Waals surface area (Å²) in [5.74, 6) is 1.61. The van der Waals surface area contributed by atoms with E-state index in [2.05, 4.69) is 148 Å². The van der Waals surface area contributed by atoms with Crippen LogP contribution in [0.5, 0.6) is 11.5 Å². The number of nitrogens with zero attached hydrogens (tertiary/aromatic N) is 6. The number of hydrogen-bond acceptors (Lipinski definition) is 7. The molecule has 0 N–H and O–H groups in total. The first-order chi connectivity index (χ1) is 38.8. The second-order valence-electron chi connectivity index (χ2n) is 18.1. The van der Waals surface area contributed by atoms with E-state index in [4.69, 9.17) is 16.6 Å². The van der Waals surface area contributed by atoms with Crippen molar-refractivity contribution < 1.29 is 32.7 Å². The van der Waals surface area contributed by atoms with E-state index in [-0.39, 0.29) is 57.5 Å². The zero-order valence-electron chi connectivity index (χ0n) is 45.0. The molecule has 3 aliphatic heterocycles. The van der Waals surface area contributed by atoms with Crippen LogP contribution >= 0.6 is 0 Å². The standard InChI is InChI=1S/C66H44BN6O.Pt/c1-4-22-47(23-5-1)55-32-10-13-35-58(55)70-46-69(61-38-16-17-39-62(61)70)50-28-20-30-53(42-50)74-54-31-21-29-51(43-54)71(65-40-18-19-41-68-65)52-44-63-66-64(45-52)73(49-26-8-3-9-27-49)60-37-15-12-34-57(60)67(66)56-33-11-14-36-59(56)72(63)48-24-6-2-7-25-48;/h1-41,44-46H;/q-3;/i1D,4D,5D,22D,23D;. The number of ether oxygens (including phenoxy) is 1. The third-order valence-electron chi connectivity index (χ3n) is 13.8. The van der Waals surface area contributed by atoms with Crippen molar-refractivity contribution in [3.63, 3.8) is 0 Å². The number of pyridine rings is 1. The summed E-state index contributed by atoms with van der Waals surface area (Å²) in [6, 6.07) is 81.5. The molecule has 7 nitrogen and oxygen atoms in total. The molecule has 1 aromatic heterocycles. The zero-order chi connectivity index (χ0) is 53.3. The molecule has 11 aromatic rings. The Kier molecular flexibility index (Phi) is 10.4. The number of hydrogen-bond donors (Lipinski definition) is 0. The Bertz CT molecular complexity index is 4040. The fraction of sp³-hybridized carbons (Fsp3) is 0. The van der Waals surface area contributed by atoms with Gasteiger partial charge in [0.05, 0.1) is 6.85 Å². The number of benzene rings is 10. The first-order valence-corrected chi connectivity index (χ1v) is 24.5. The first kappa shape index (κ1) is 40.4. The molecule has 0 radical (unpaired) electrons. The van der Waals surface area contributed by atoms with Crippen LogP contribution in [0, 0.1) is 18.8 Å². The van der Waals surface area contributed by atoms with Gasteiger partial charge >= 0.3 is 0 Å². The van der Waals surface area contributed by atoms with Crippen LogP contribution in [0.2, 0.25) is 0 Å². The van der Waals surface area contributed by atoms with E-state index in [1.807, 2.05) is 120 Å². The summed E-state index contributed by atoms with van der Waals surface area (Å²) in [5.41, 5.74) is 15.3. The van der Waals surface area contributed by atoms with Gasteiger partial charge in [-0.3, -0.25) is 0 Å². The summed E-state index contributed by atoms with van der Waals surface area (Å²) >= 11 is 0. The van der Waals surface area contributed by atoms with Gasteiger partial charge in [-0.05, 0) is 101 Å². The third kappa shape index (κ3) is 8.02. The summed E-state index contributed by atoms with van der Waals surface area (Å²) in [5, 5.41) is 0. The maximum atomic E-state index is 8.83. The predicted octanol–water partition coefficient (Wildman–Crippen LogP) is 15.1. The van der Waals surface area contributed by atoms with Crippen LogP contribution in [0.4, 0.5) is 74.1 Å². The van der Waals surface area contributed by atoms with E-state index in [0.29, 0.717) is 39.9 Å². The van der Waals surface area contributed by atoms with Gasteiger partial charge < -0.3 is 29.2 Å². The molecule has 3 aliphatic rings. The Labute approximate surface area is 459 Å². The molecule has 75 heavy (non-hydrogen) atoms. The Morgan fingerprint density at radius 2 is 1.04 bits per heavy atom. The zero-order valence-corrected chi connectivity index (χ0v) is 42.3. The molecule has 0 unspecified atom stereocenters. The van der Waals surface area contributed by atoms with E-state index in [0.717, 1.165) is 51.2 Å². The van der Waals surface area contributed by atoms with Gasteiger partial charge in [0.25, 0.3) is 6.71 Å². The normalized spacial score (nSPS) is 13.7. The average molecular weight is 1150 g/mol. The van der Waals surface area contributed by atoms with Gasteiger partial charge in [-0.1, -0.05) is 145 Å². The minimum Gasteiger partial charge on any atom is -0.509 e. The van der Waals surface area contributed by atoms with Gasteiger partial charge in [-0.2, -0.15) is 12.1 Å². The quantitative estimate of drug-likeness (QED) is 0.0998. The van der Waals surface area contributed by atoms with E-state index in [9.17, 15) is 0 Å². The van der Waals surface area contributed by atoms with Crippen molar-refractivity contribution in [1.82, 2.24) is 4.98 Å². The molecule has 0 aliphatic carbocycles. The summed E-state index contributed by atoms with van der Waals surface area (Å²) < 4.78 is 49.5. The first-order valence-electron chi connectivity index (χ1n) is 27.0. The van der Waals surface area contributed by atoms with Crippen molar-refractivity contribution in [2.75, 3.05) is 24.5 Å². The number of para-hydroxylation sites is 7. The number of fused-ring (bicyclic) bond motifs is 5. The SMILES string of the molecule is [2H]c1c([2H])c([2H])c(-c2ccccc2N2[CH-]N(c3[c-]c(Oc4[c-]c(N(c5cc6c7c(c5)N(c5ccccc5)c5ccccc5B7c5ccccc5N6c5ccccc5)c5ccccn5)ccc4)ccc3)c3ccccc32)c([2H])c1[2H].[Pt]. The molecule has 0 amide bonds. The molecule has 9 heteroatoms. The fourth-order valence-electron chi connectivity index (χ4n) is 10.8. The molecule has 0 bridgehead atoms. The van der Waals surface area contributed by atoms with Gasteiger partial charge in [-0.15, -0.1) is 48.8 Å². The third-order valence-corrected chi connectivity index (χ3v) is 13.8. The fourth-order valence-corrected chi connectivity index (χ4v) is 10.8. The largest absolute Gasteiger partial charge is 0.509 e. The molecule has 0 saturated carbocycles. The smallest absolute Gasteiger partial charge is 0.252 e. The van der Waals surface area contributed by atoms with Gasteiger partial charge in [0.15, 0.2) is 0 Å². The summed E-state index contributed by atoms with van der Waals surface area (Å²) in [4.78, 5) is 15.9. The molecule has 14 rings (SSSR count). The van der Waals surface area contributed by atoms with Crippen LogP contribution in [-0.4, -0.2) is 11.7 Å². The summed E-state index contributed by atoms with van der Waals surface area (Å²) in [6.45, 7) is 1.88. The van der Waals surface area contributed by atoms with Crippen LogP contribution in [0.3, 0.4) is 0 Å². The van der Waals surface area contributed by atoms with Gasteiger partial charge in [0.1, 0.15) is 5.82 Å². The number of rotatable bonds is 10. The second kappa shape index (κ2) is 19.4. The van der Waals surface area contributed by atoms with Crippen LogP contribution in [0.25, 0.3) is 11.1 Å². The number of aromatic nitrogens is 1. The van der Waals surface area contributed by atoms with E-state index in [1.54, 1.807) is 6.07 Å². The maximum Gasteiger partial charge on any atom is 0.252 e. The molecule has 0 spiro atoms. The van der Waals surface area contributed by atoms with Crippen LogP contribution < -0.4 is 45.6 Å². The van der Waals surface area contributed by atoms with Crippen LogP contribution in [0.15, 0.2) is 261 Å². The summed E-state index contributed by atoms with van der Waals surface area (Å²) in [7, 11) is 0. The molecule has 0 atom stereocenters. The van der Waals surface area contributed by atoms with E-state index >= 15 is 0 Å².